The van der Waals surface area contributed by atoms with E-state index in [-0.39, 0.29) is 0 Å². The number of nitrogens with zero attached hydrogens (tertiary/aromatic N) is 1. The second-order valence-electron chi connectivity index (χ2n) is 4.93. The maximum atomic E-state index is 3.53. The van der Waals surface area contributed by atoms with Crippen molar-refractivity contribution in [1.29, 1.82) is 0 Å². The highest BCUT2D eigenvalue weighted by Gasteiger charge is 2.34. The summed E-state index contributed by atoms with van der Waals surface area (Å²) in [6, 6.07) is 0.844. The van der Waals surface area contributed by atoms with Crippen molar-refractivity contribution in [1.82, 2.24) is 10.2 Å². The second kappa shape index (κ2) is 4.63. The van der Waals surface area contributed by atoms with Crippen molar-refractivity contribution in [2.24, 2.45) is 11.8 Å². The van der Waals surface area contributed by atoms with Crippen molar-refractivity contribution in [3.8, 4) is 0 Å². The highest BCUT2D eigenvalue weighted by Crippen LogP contribution is 2.28. The van der Waals surface area contributed by atoms with E-state index in [0.717, 1.165) is 17.9 Å². The van der Waals surface area contributed by atoms with Crippen LogP contribution in [0, 0.1) is 11.8 Å². The number of hydrogen-bond donors (Lipinski definition) is 1. The van der Waals surface area contributed by atoms with Gasteiger partial charge in [-0.25, -0.2) is 0 Å². The molecule has 2 nitrogen and oxygen atoms in total. The summed E-state index contributed by atoms with van der Waals surface area (Å²) in [6.45, 7) is 9.89. The maximum Gasteiger partial charge on any atom is 0.00901 e. The van der Waals surface area contributed by atoms with E-state index in [1.54, 1.807) is 0 Å². The van der Waals surface area contributed by atoms with Gasteiger partial charge in [0.15, 0.2) is 0 Å². The Bertz CT molecular complexity index is 177. The van der Waals surface area contributed by atoms with Gasteiger partial charge in [-0.3, -0.25) is 0 Å². The molecule has 2 heterocycles. The molecule has 0 bridgehead atoms. The maximum absolute atomic E-state index is 3.53. The number of nitrogens with one attached hydrogen (secondary N) is 1. The topological polar surface area (TPSA) is 15.3 Å². The Balaban J connectivity index is 1.90. The number of fused-ring (bicyclic) bond motifs is 1. The van der Waals surface area contributed by atoms with Crippen LogP contribution in [0.2, 0.25) is 0 Å². The number of rotatable bonds is 3. The zero-order chi connectivity index (χ0) is 9.97. The first-order chi connectivity index (χ1) is 6.85. The van der Waals surface area contributed by atoms with E-state index in [2.05, 4.69) is 24.1 Å². The minimum atomic E-state index is 0.844. The van der Waals surface area contributed by atoms with Crippen molar-refractivity contribution in [2.75, 3.05) is 26.2 Å². The first kappa shape index (κ1) is 10.4. The van der Waals surface area contributed by atoms with Crippen molar-refractivity contribution in [2.45, 2.75) is 39.2 Å². The third-order valence-electron chi connectivity index (χ3n) is 4.19. The smallest absolute Gasteiger partial charge is 0.00901 e. The molecule has 0 aliphatic carbocycles. The summed E-state index contributed by atoms with van der Waals surface area (Å²) in [4.78, 5) is 2.73. The van der Waals surface area contributed by atoms with Gasteiger partial charge in [0, 0.05) is 12.6 Å². The van der Waals surface area contributed by atoms with E-state index in [4.69, 9.17) is 0 Å². The van der Waals surface area contributed by atoms with E-state index in [1.165, 1.54) is 45.4 Å². The van der Waals surface area contributed by atoms with E-state index in [0.29, 0.717) is 0 Å². The lowest BCUT2D eigenvalue weighted by Gasteiger charge is -2.39. The molecule has 2 heteroatoms. The van der Waals surface area contributed by atoms with Gasteiger partial charge >= 0.3 is 0 Å². The molecule has 0 amide bonds. The van der Waals surface area contributed by atoms with Gasteiger partial charge in [-0.1, -0.05) is 13.8 Å². The van der Waals surface area contributed by atoms with Crippen LogP contribution in [0.25, 0.3) is 0 Å². The van der Waals surface area contributed by atoms with E-state index in [1.807, 2.05) is 0 Å². The van der Waals surface area contributed by atoms with Gasteiger partial charge in [0.05, 0.1) is 0 Å². The van der Waals surface area contributed by atoms with Gasteiger partial charge in [0.2, 0.25) is 0 Å². The molecule has 0 aromatic heterocycles. The molecule has 2 atom stereocenters. The molecule has 0 radical (unpaired) electrons. The summed E-state index contributed by atoms with van der Waals surface area (Å²) in [5.41, 5.74) is 0. The Hall–Kier alpha value is -0.0800. The molecule has 0 spiro atoms. The first-order valence-corrected chi connectivity index (χ1v) is 6.29. The Morgan fingerprint density at radius 2 is 1.93 bits per heavy atom. The lowest BCUT2D eigenvalue weighted by molar-refractivity contribution is 0.0985. The molecule has 2 fully saturated rings. The number of likely N-dealkylation sites (tertiary alicyclic amines) is 1. The summed E-state index contributed by atoms with van der Waals surface area (Å²) in [5, 5.41) is 3.53. The first-order valence-electron chi connectivity index (χ1n) is 6.29. The minimum Gasteiger partial charge on any atom is -0.316 e. The molecule has 0 saturated carbocycles. The molecule has 1 N–H and O–H groups in total. The molecular formula is C12H24N2. The van der Waals surface area contributed by atoms with Gasteiger partial charge in [-0.15, -0.1) is 0 Å². The lowest BCUT2D eigenvalue weighted by Crippen LogP contribution is -2.45. The molecule has 2 unspecified atom stereocenters. The highest BCUT2D eigenvalue weighted by atomic mass is 15.2. The zero-order valence-corrected chi connectivity index (χ0v) is 9.63. The van der Waals surface area contributed by atoms with Crippen LogP contribution in [0.4, 0.5) is 0 Å². The summed E-state index contributed by atoms with van der Waals surface area (Å²) in [7, 11) is 0. The van der Waals surface area contributed by atoms with Crippen molar-refractivity contribution < 1.29 is 0 Å². The standard InChI is InChI=1S/C12H24N2/c1-3-12(4-2)14-6-5-10-7-13-8-11(10)9-14/h10-13H,3-9H2,1-2H3. The van der Waals surface area contributed by atoms with Gasteiger partial charge in [-0.2, -0.15) is 0 Å². The molecule has 2 aliphatic rings. The molecule has 2 aliphatic heterocycles. The van der Waals surface area contributed by atoms with Crippen molar-refractivity contribution >= 4 is 0 Å². The third kappa shape index (κ3) is 1.96. The van der Waals surface area contributed by atoms with Crippen molar-refractivity contribution in [3.05, 3.63) is 0 Å². The van der Waals surface area contributed by atoms with Crippen LogP contribution >= 0.6 is 0 Å². The fourth-order valence-electron chi connectivity index (χ4n) is 3.20. The summed E-state index contributed by atoms with van der Waals surface area (Å²) in [5.74, 6) is 1.94. The summed E-state index contributed by atoms with van der Waals surface area (Å²) >= 11 is 0. The molecule has 14 heavy (non-hydrogen) atoms. The van der Waals surface area contributed by atoms with E-state index < -0.39 is 0 Å². The Labute approximate surface area is 88.1 Å². The van der Waals surface area contributed by atoms with Crippen LogP contribution in [-0.4, -0.2) is 37.1 Å². The normalized spacial score (nSPS) is 33.6. The molecule has 82 valence electrons. The number of piperidine rings is 1. The fourth-order valence-corrected chi connectivity index (χ4v) is 3.20. The predicted molar refractivity (Wildman–Crippen MR) is 60.4 cm³/mol. The van der Waals surface area contributed by atoms with Crippen LogP contribution in [0.5, 0.6) is 0 Å². The van der Waals surface area contributed by atoms with Crippen LogP contribution in [0.15, 0.2) is 0 Å². The average molecular weight is 196 g/mol. The Morgan fingerprint density at radius 3 is 2.64 bits per heavy atom. The average Bonchev–Trinajstić information content (AvgIpc) is 2.66. The fraction of sp³-hybridized carbons (Fsp3) is 1.00. The largest absolute Gasteiger partial charge is 0.316 e. The van der Waals surface area contributed by atoms with Gasteiger partial charge < -0.3 is 10.2 Å². The Kier molecular flexibility index (Phi) is 3.45. The van der Waals surface area contributed by atoms with Crippen LogP contribution in [-0.2, 0) is 0 Å². The quantitative estimate of drug-likeness (QED) is 0.739. The molecule has 2 saturated heterocycles. The van der Waals surface area contributed by atoms with Gasteiger partial charge in [0.1, 0.15) is 0 Å². The van der Waals surface area contributed by atoms with E-state index >= 15 is 0 Å². The molecule has 2 rings (SSSR count). The van der Waals surface area contributed by atoms with Gasteiger partial charge in [0.25, 0.3) is 0 Å². The molecular weight excluding hydrogens is 172 g/mol. The highest BCUT2D eigenvalue weighted by molar-refractivity contribution is 4.89. The van der Waals surface area contributed by atoms with E-state index in [9.17, 15) is 0 Å². The summed E-state index contributed by atoms with van der Waals surface area (Å²) in [6.07, 6.45) is 4.07. The monoisotopic (exact) mass is 196 g/mol. The lowest BCUT2D eigenvalue weighted by atomic mass is 9.87. The van der Waals surface area contributed by atoms with Crippen LogP contribution in [0.1, 0.15) is 33.1 Å². The SMILES string of the molecule is CCC(CC)N1CCC2CNCC2C1. The molecule has 0 aromatic carbocycles. The second-order valence-corrected chi connectivity index (χ2v) is 4.93. The zero-order valence-electron chi connectivity index (χ0n) is 9.63. The molecule has 0 aromatic rings. The van der Waals surface area contributed by atoms with Crippen molar-refractivity contribution in [3.63, 3.8) is 0 Å². The minimum absolute atomic E-state index is 0.844. The van der Waals surface area contributed by atoms with Crippen LogP contribution in [0.3, 0.4) is 0 Å². The summed E-state index contributed by atoms with van der Waals surface area (Å²) < 4.78 is 0. The third-order valence-corrected chi connectivity index (χ3v) is 4.19. The van der Waals surface area contributed by atoms with Gasteiger partial charge in [-0.05, 0) is 50.7 Å². The van der Waals surface area contributed by atoms with Crippen LogP contribution < -0.4 is 5.32 Å². The predicted octanol–water partition coefficient (Wildman–Crippen LogP) is 1.72. The number of hydrogen-bond acceptors (Lipinski definition) is 2. The Morgan fingerprint density at radius 1 is 1.21 bits per heavy atom.